The summed E-state index contributed by atoms with van der Waals surface area (Å²) in [5, 5.41) is 0.780. The number of carbonyl (C=O) groups excluding carboxylic acids is 1. The largest absolute Gasteiger partial charge is 0.482 e. The molecule has 1 amide bonds. The number of carbonyl (C=O) groups is 1. The lowest BCUT2D eigenvalue weighted by Crippen LogP contribution is -2.43. The normalized spacial score (nSPS) is 17.5. The molecule has 0 aromatic heterocycles. The molecule has 2 aromatic carbocycles. The van der Waals surface area contributed by atoms with E-state index < -0.39 is 9.84 Å². The van der Waals surface area contributed by atoms with Gasteiger partial charge in [0.05, 0.1) is 16.5 Å². The molecule has 0 radical (unpaired) electrons. The SMILES string of the molecule is CN(C)c1ccc(CN(C(=O)COc2ccc(Cl)cc2Cl)C2CCS(=O)(=O)C2)cc1. The summed E-state index contributed by atoms with van der Waals surface area (Å²) in [5.41, 5.74) is 1.96. The lowest BCUT2D eigenvalue weighted by Gasteiger charge is -2.28. The lowest BCUT2D eigenvalue weighted by atomic mass is 10.1. The Balaban J connectivity index is 1.75. The average Bonchev–Trinajstić information content (AvgIpc) is 3.05. The summed E-state index contributed by atoms with van der Waals surface area (Å²) in [7, 11) is 0.764. The van der Waals surface area contributed by atoms with Crippen molar-refractivity contribution in [1.82, 2.24) is 4.90 Å². The highest BCUT2D eigenvalue weighted by Crippen LogP contribution is 2.28. The first-order valence-corrected chi connectivity index (χ1v) is 12.1. The molecular formula is C21H24Cl2N2O4S. The fraction of sp³-hybridized carbons (Fsp3) is 0.381. The van der Waals surface area contributed by atoms with Gasteiger partial charge in [0.2, 0.25) is 0 Å². The van der Waals surface area contributed by atoms with Gasteiger partial charge in [0.15, 0.2) is 16.4 Å². The van der Waals surface area contributed by atoms with Crippen LogP contribution in [0.2, 0.25) is 10.0 Å². The van der Waals surface area contributed by atoms with Crippen molar-refractivity contribution < 1.29 is 17.9 Å². The molecule has 1 fully saturated rings. The zero-order valence-corrected chi connectivity index (χ0v) is 19.2. The Morgan fingerprint density at radius 1 is 1.13 bits per heavy atom. The Labute approximate surface area is 187 Å². The van der Waals surface area contributed by atoms with Crippen LogP contribution in [0.4, 0.5) is 5.69 Å². The van der Waals surface area contributed by atoms with Crippen molar-refractivity contribution in [2.45, 2.75) is 19.0 Å². The molecule has 0 saturated carbocycles. The summed E-state index contributed by atoms with van der Waals surface area (Å²) in [4.78, 5) is 16.6. The van der Waals surface area contributed by atoms with Crippen LogP contribution < -0.4 is 9.64 Å². The minimum atomic E-state index is -3.14. The molecule has 1 atom stereocenters. The van der Waals surface area contributed by atoms with Crippen LogP contribution in [-0.2, 0) is 21.2 Å². The predicted octanol–water partition coefficient (Wildman–Crippen LogP) is 3.65. The van der Waals surface area contributed by atoms with Crippen LogP contribution in [-0.4, -0.2) is 57.5 Å². The summed E-state index contributed by atoms with van der Waals surface area (Å²) >= 11 is 12.0. The van der Waals surface area contributed by atoms with Gasteiger partial charge >= 0.3 is 0 Å². The van der Waals surface area contributed by atoms with E-state index in [4.69, 9.17) is 27.9 Å². The van der Waals surface area contributed by atoms with Crippen LogP contribution in [0.15, 0.2) is 42.5 Å². The van der Waals surface area contributed by atoms with Crippen LogP contribution >= 0.6 is 23.2 Å². The number of halogens is 2. The van der Waals surface area contributed by atoms with Gasteiger partial charge in [-0.05, 0) is 42.3 Å². The van der Waals surface area contributed by atoms with Gasteiger partial charge in [-0.15, -0.1) is 0 Å². The standard InChI is InChI=1S/C21H24Cl2N2O4S/c1-24(2)17-6-3-15(4-7-17)12-25(18-9-10-30(27,28)14-18)21(26)13-29-20-8-5-16(22)11-19(20)23/h3-8,11,18H,9-10,12-14H2,1-2H3. The van der Waals surface area contributed by atoms with Gasteiger partial charge in [-0.2, -0.15) is 0 Å². The highest BCUT2D eigenvalue weighted by atomic mass is 35.5. The molecule has 9 heteroatoms. The molecule has 162 valence electrons. The van der Waals surface area contributed by atoms with E-state index >= 15 is 0 Å². The maximum absolute atomic E-state index is 13.0. The van der Waals surface area contributed by atoms with Crippen molar-refractivity contribution in [2.75, 3.05) is 37.1 Å². The first-order chi connectivity index (χ1) is 14.1. The third-order valence-electron chi connectivity index (χ3n) is 5.02. The topological polar surface area (TPSA) is 66.9 Å². The number of benzene rings is 2. The first kappa shape index (κ1) is 22.7. The Morgan fingerprint density at radius 3 is 2.40 bits per heavy atom. The number of sulfone groups is 1. The number of hydrogen-bond acceptors (Lipinski definition) is 5. The van der Waals surface area contributed by atoms with Gasteiger partial charge < -0.3 is 14.5 Å². The van der Waals surface area contributed by atoms with E-state index in [-0.39, 0.29) is 30.1 Å². The number of nitrogens with zero attached hydrogens (tertiary/aromatic N) is 2. The summed E-state index contributed by atoms with van der Waals surface area (Å²) in [5.74, 6) is 0.115. The molecule has 6 nitrogen and oxygen atoms in total. The molecule has 30 heavy (non-hydrogen) atoms. The predicted molar refractivity (Wildman–Crippen MR) is 120 cm³/mol. The molecule has 2 aromatic rings. The monoisotopic (exact) mass is 470 g/mol. The molecule has 0 aliphatic carbocycles. The molecule has 1 unspecified atom stereocenters. The number of amides is 1. The van der Waals surface area contributed by atoms with Crippen LogP contribution in [0.5, 0.6) is 5.75 Å². The highest BCUT2D eigenvalue weighted by molar-refractivity contribution is 7.91. The summed E-state index contributed by atoms with van der Waals surface area (Å²) in [6, 6.07) is 12.2. The Kier molecular flexibility index (Phi) is 7.16. The number of hydrogen-bond donors (Lipinski definition) is 0. The minimum absolute atomic E-state index is 0.0315. The van der Waals surface area contributed by atoms with Crippen LogP contribution in [0, 0.1) is 0 Å². The highest BCUT2D eigenvalue weighted by Gasteiger charge is 2.34. The number of ether oxygens (including phenoxy) is 1. The van der Waals surface area contributed by atoms with E-state index in [9.17, 15) is 13.2 Å². The van der Waals surface area contributed by atoms with Crippen molar-refractivity contribution in [3.8, 4) is 5.75 Å². The van der Waals surface area contributed by atoms with E-state index in [2.05, 4.69) is 0 Å². The van der Waals surface area contributed by atoms with Crippen molar-refractivity contribution in [3.05, 3.63) is 58.1 Å². The van der Waals surface area contributed by atoms with Gasteiger partial charge in [-0.25, -0.2) is 8.42 Å². The molecule has 1 aliphatic heterocycles. The summed E-state index contributed by atoms with van der Waals surface area (Å²) < 4.78 is 29.6. The fourth-order valence-electron chi connectivity index (χ4n) is 3.35. The zero-order valence-electron chi connectivity index (χ0n) is 16.8. The van der Waals surface area contributed by atoms with Crippen molar-refractivity contribution in [2.24, 2.45) is 0 Å². The van der Waals surface area contributed by atoms with Crippen molar-refractivity contribution in [1.29, 1.82) is 0 Å². The van der Waals surface area contributed by atoms with Crippen molar-refractivity contribution in [3.63, 3.8) is 0 Å². The van der Waals surface area contributed by atoms with E-state index in [1.54, 1.807) is 17.0 Å². The Bertz CT molecular complexity index is 1010. The van der Waals surface area contributed by atoms with E-state index in [0.717, 1.165) is 11.3 Å². The summed E-state index contributed by atoms with van der Waals surface area (Å²) in [6.07, 6.45) is 0.422. The minimum Gasteiger partial charge on any atom is -0.482 e. The van der Waals surface area contributed by atoms with Gasteiger partial charge in [0.1, 0.15) is 5.75 Å². The maximum Gasteiger partial charge on any atom is 0.261 e. The third-order valence-corrected chi connectivity index (χ3v) is 7.30. The summed E-state index contributed by atoms with van der Waals surface area (Å²) in [6.45, 7) is 0.0676. The van der Waals surface area contributed by atoms with Crippen LogP contribution in [0.3, 0.4) is 0 Å². The van der Waals surface area contributed by atoms with Gasteiger partial charge in [0, 0.05) is 37.4 Å². The second kappa shape index (κ2) is 9.45. The Morgan fingerprint density at radius 2 is 1.83 bits per heavy atom. The molecule has 0 bridgehead atoms. The maximum atomic E-state index is 13.0. The van der Waals surface area contributed by atoms with Gasteiger partial charge in [0.25, 0.3) is 5.91 Å². The van der Waals surface area contributed by atoms with Crippen LogP contribution in [0.1, 0.15) is 12.0 Å². The number of rotatable bonds is 7. The van der Waals surface area contributed by atoms with Gasteiger partial charge in [-0.1, -0.05) is 35.3 Å². The smallest absolute Gasteiger partial charge is 0.261 e. The molecule has 3 rings (SSSR count). The zero-order chi connectivity index (χ0) is 21.9. The fourth-order valence-corrected chi connectivity index (χ4v) is 5.55. The van der Waals surface area contributed by atoms with Gasteiger partial charge in [-0.3, -0.25) is 4.79 Å². The Hall–Kier alpha value is -1.96. The second-order valence-electron chi connectivity index (χ2n) is 7.50. The quantitative estimate of drug-likeness (QED) is 0.617. The van der Waals surface area contributed by atoms with E-state index in [1.807, 2.05) is 43.3 Å². The average molecular weight is 471 g/mol. The molecule has 1 saturated heterocycles. The van der Waals surface area contributed by atoms with E-state index in [0.29, 0.717) is 28.8 Å². The molecule has 0 spiro atoms. The van der Waals surface area contributed by atoms with Crippen LogP contribution in [0.25, 0.3) is 0 Å². The second-order valence-corrected chi connectivity index (χ2v) is 10.6. The number of anilines is 1. The first-order valence-electron chi connectivity index (χ1n) is 9.48. The third kappa shape index (κ3) is 5.80. The van der Waals surface area contributed by atoms with E-state index in [1.165, 1.54) is 6.07 Å². The molecule has 1 heterocycles. The molecule has 0 N–H and O–H groups in total. The molecular weight excluding hydrogens is 447 g/mol. The van der Waals surface area contributed by atoms with Crippen molar-refractivity contribution >= 4 is 44.6 Å². The lowest BCUT2D eigenvalue weighted by molar-refractivity contribution is -0.136. The molecule has 1 aliphatic rings.